The van der Waals surface area contributed by atoms with Crippen LogP contribution in [0.15, 0.2) is 35.4 Å². The van der Waals surface area contributed by atoms with E-state index in [-0.39, 0.29) is 29.7 Å². The van der Waals surface area contributed by atoms with Gasteiger partial charge in [-0.2, -0.15) is 0 Å². The predicted molar refractivity (Wildman–Crippen MR) is 132 cm³/mol. The number of hydrogen-bond acceptors (Lipinski definition) is 12. The van der Waals surface area contributed by atoms with Gasteiger partial charge in [0.25, 0.3) is 0 Å². The number of ether oxygens (including phenoxy) is 5. The Bertz CT molecular complexity index is 1240. The molecule has 1 fully saturated rings. The molecule has 39 heavy (non-hydrogen) atoms. The number of phenols is 2. The third-order valence-corrected chi connectivity index (χ3v) is 5.87. The molecule has 1 aliphatic carbocycles. The Labute approximate surface area is 224 Å². The number of phenolic OH excluding ortho intramolecular Hbond substituents is 2. The summed E-state index contributed by atoms with van der Waals surface area (Å²) < 4.78 is 27.7. The Morgan fingerprint density at radius 1 is 0.923 bits per heavy atom. The second kappa shape index (κ2) is 12.2. The molecule has 2 aliphatic rings. The fourth-order valence-electron chi connectivity index (χ4n) is 4.31. The van der Waals surface area contributed by atoms with E-state index in [1.165, 1.54) is 0 Å². The quantitative estimate of drug-likeness (QED) is 0.211. The summed E-state index contributed by atoms with van der Waals surface area (Å²) in [6, 6.07) is 2.19. The molecule has 1 aromatic carbocycles. The van der Waals surface area contributed by atoms with Gasteiger partial charge in [-0.25, -0.2) is 0 Å². The lowest BCUT2D eigenvalue weighted by Gasteiger charge is -2.41. The molecule has 210 valence electrons. The third kappa shape index (κ3) is 6.89. The summed E-state index contributed by atoms with van der Waals surface area (Å²) in [6.45, 7) is 6.67. The maximum Gasteiger partial charge on any atom is 0.303 e. The molecule has 12 nitrogen and oxygen atoms in total. The second-order valence-electron chi connectivity index (χ2n) is 9.29. The molecule has 1 aliphatic heterocycles. The van der Waals surface area contributed by atoms with Gasteiger partial charge in [-0.3, -0.25) is 24.0 Å². The molecule has 2 N–H and O–H groups in total. The lowest BCUT2D eigenvalue weighted by Crippen LogP contribution is -2.58. The van der Waals surface area contributed by atoms with E-state index >= 15 is 0 Å². The molecule has 1 aromatic rings. The van der Waals surface area contributed by atoms with E-state index in [4.69, 9.17) is 23.7 Å². The van der Waals surface area contributed by atoms with E-state index in [2.05, 4.69) is 0 Å². The first kappa shape index (κ1) is 29.5. The standard InChI is InChI=1S/C27H30O12/c1-12(2)6-9-20(16-10-19(33)22-17(31)7-8-18(32)23(22)24(16)34)39-27-26(38-15(5)30)25(37-14(4)29)21(11-35-27)36-13(3)28/h6-8,10,20-21,25-27,31-32H,9,11H2,1-5H3/t20-,21-,25+,26-,27+/m1/s1. The fourth-order valence-corrected chi connectivity index (χ4v) is 4.31. The van der Waals surface area contributed by atoms with Crippen LogP contribution < -0.4 is 0 Å². The van der Waals surface area contributed by atoms with Crippen LogP contribution in [0.4, 0.5) is 0 Å². The number of ketones is 2. The van der Waals surface area contributed by atoms with E-state index < -0.39 is 71.7 Å². The molecule has 0 spiro atoms. The lowest BCUT2D eigenvalue weighted by atomic mass is 9.85. The van der Waals surface area contributed by atoms with Gasteiger partial charge >= 0.3 is 17.9 Å². The van der Waals surface area contributed by atoms with E-state index in [0.29, 0.717) is 0 Å². The second-order valence-corrected chi connectivity index (χ2v) is 9.29. The van der Waals surface area contributed by atoms with E-state index in [9.17, 15) is 34.2 Å². The third-order valence-electron chi connectivity index (χ3n) is 5.87. The summed E-state index contributed by atoms with van der Waals surface area (Å²) in [5.74, 6) is -4.69. The molecular formula is C27H30O12. The molecule has 0 unspecified atom stereocenters. The van der Waals surface area contributed by atoms with Gasteiger partial charge in [-0.15, -0.1) is 0 Å². The number of fused-ring (bicyclic) bond motifs is 1. The molecule has 0 saturated carbocycles. The van der Waals surface area contributed by atoms with Crippen LogP contribution in [-0.4, -0.2) is 77.0 Å². The summed E-state index contributed by atoms with van der Waals surface area (Å²) in [7, 11) is 0. The molecular weight excluding hydrogens is 516 g/mol. The van der Waals surface area contributed by atoms with E-state index in [1.54, 1.807) is 19.9 Å². The van der Waals surface area contributed by atoms with Gasteiger partial charge in [0, 0.05) is 26.3 Å². The minimum atomic E-state index is -1.43. The highest BCUT2D eigenvalue weighted by Gasteiger charge is 2.49. The first-order valence-corrected chi connectivity index (χ1v) is 12.1. The van der Waals surface area contributed by atoms with Gasteiger partial charge in [0.2, 0.25) is 0 Å². The van der Waals surface area contributed by atoms with Crippen molar-refractivity contribution in [3.05, 3.63) is 46.6 Å². The summed E-state index contributed by atoms with van der Waals surface area (Å²) in [5.41, 5.74) is -0.0108. The molecule has 0 bridgehead atoms. The van der Waals surface area contributed by atoms with Crippen molar-refractivity contribution in [1.29, 1.82) is 0 Å². The number of rotatable bonds is 8. The monoisotopic (exact) mass is 546 g/mol. The van der Waals surface area contributed by atoms with Gasteiger partial charge in [0.1, 0.15) is 11.5 Å². The SMILES string of the molecule is CC(=O)O[C@@H]1[C@@H](OC(C)=O)[C@H](O[C@H](CC=C(C)C)C2=CC(=O)c3c(O)ccc(O)c3C2=O)OC[C@H]1OC(C)=O. The zero-order valence-corrected chi connectivity index (χ0v) is 22.1. The van der Waals surface area contributed by atoms with Gasteiger partial charge in [-0.05, 0) is 38.5 Å². The van der Waals surface area contributed by atoms with Gasteiger partial charge < -0.3 is 33.9 Å². The Morgan fingerprint density at radius 3 is 2.05 bits per heavy atom. The van der Waals surface area contributed by atoms with Crippen LogP contribution >= 0.6 is 0 Å². The first-order chi connectivity index (χ1) is 18.3. The van der Waals surface area contributed by atoms with Crippen LogP contribution in [0, 0.1) is 0 Å². The van der Waals surface area contributed by atoms with E-state index in [0.717, 1.165) is 44.6 Å². The smallest absolute Gasteiger partial charge is 0.303 e. The Hall–Kier alpha value is -4.03. The van der Waals surface area contributed by atoms with Crippen LogP contribution in [0.5, 0.6) is 11.5 Å². The van der Waals surface area contributed by atoms with Crippen molar-refractivity contribution in [2.24, 2.45) is 0 Å². The van der Waals surface area contributed by atoms with Crippen LogP contribution in [0.3, 0.4) is 0 Å². The zero-order valence-electron chi connectivity index (χ0n) is 22.1. The molecule has 12 heteroatoms. The van der Waals surface area contributed by atoms with Crippen LogP contribution in [0.2, 0.25) is 0 Å². The van der Waals surface area contributed by atoms with Crippen molar-refractivity contribution in [1.82, 2.24) is 0 Å². The molecule has 0 aromatic heterocycles. The number of esters is 3. The number of carbonyl (C=O) groups is 5. The summed E-state index contributed by atoms with van der Waals surface area (Å²) >= 11 is 0. The minimum Gasteiger partial charge on any atom is -0.507 e. The number of Topliss-reactive ketones (excluding diaryl/α,β-unsaturated/α-hetero) is 1. The zero-order chi connectivity index (χ0) is 29.0. The van der Waals surface area contributed by atoms with Crippen molar-refractivity contribution in [3.8, 4) is 11.5 Å². The average Bonchev–Trinajstić information content (AvgIpc) is 2.82. The van der Waals surface area contributed by atoms with Crippen molar-refractivity contribution < 1.29 is 57.9 Å². The summed E-state index contributed by atoms with van der Waals surface area (Å²) in [4.78, 5) is 61.8. The van der Waals surface area contributed by atoms with Crippen molar-refractivity contribution in [2.75, 3.05) is 6.61 Å². The maximum absolute atomic E-state index is 13.5. The lowest BCUT2D eigenvalue weighted by molar-refractivity contribution is -0.287. The largest absolute Gasteiger partial charge is 0.507 e. The highest BCUT2D eigenvalue weighted by atomic mass is 16.7. The van der Waals surface area contributed by atoms with Crippen molar-refractivity contribution >= 4 is 29.5 Å². The van der Waals surface area contributed by atoms with Gasteiger partial charge in [-0.1, -0.05) is 11.6 Å². The minimum absolute atomic E-state index is 0.0559. The molecule has 5 atom stereocenters. The highest BCUT2D eigenvalue weighted by molar-refractivity contribution is 6.27. The predicted octanol–water partition coefficient (Wildman–Crippen LogP) is 2.30. The molecule has 1 saturated heterocycles. The highest BCUT2D eigenvalue weighted by Crippen LogP contribution is 2.37. The maximum atomic E-state index is 13.5. The summed E-state index contributed by atoms with van der Waals surface area (Å²) in [5, 5.41) is 20.5. The number of allylic oxidation sites excluding steroid dienone is 2. The van der Waals surface area contributed by atoms with Gasteiger partial charge in [0.05, 0.1) is 23.8 Å². The molecule has 0 radical (unpaired) electrons. The molecule has 1 heterocycles. The summed E-state index contributed by atoms with van der Waals surface area (Å²) in [6.07, 6.45) is -3.66. The Balaban J connectivity index is 2.03. The van der Waals surface area contributed by atoms with Gasteiger partial charge in [0.15, 0.2) is 36.2 Å². The number of benzene rings is 1. The van der Waals surface area contributed by atoms with Crippen LogP contribution in [0.25, 0.3) is 0 Å². The first-order valence-electron chi connectivity index (χ1n) is 12.1. The number of hydrogen-bond donors (Lipinski definition) is 2. The Morgan fingerprint density at radius 2 is 1.49 bits per heavy atom. The van der Waals surface area contributed by atoms with Crippen LogP contribution in [0.1, 0.15) is 61.8 Å². The van der Waals surface area contributed by atoms with Crippen LogP contribution in [-0.2, 0) is 38.1 Å². The Kier molecular flexibility index (Phi) is 9.25. The topological polar surface area (TPSA) is 172 Å². The normalized spacial score (nSPS) is 23.2. The van der Waals surface area contributed by atoms with Crippen molar-refractivity contribution in [3.63, 3.8) is 0 Å². The van der Waals surface area contributed by atoms with E-state index in [1.807, 2.05) is 0 Å². The average molecular weight is 547 g/mol. The van der Waals surface area contributed by atoms with Crippen molar-refractivity contribution in [2.45, 2.75) is 71.7 Å². The number of aromatic hydroxyl groups is 2. The number of carbonyl (C=O) groups excluding carboxylic acids is 5. The fraction of sp³-hybridized carbons (Fsp3) is 0.444. The molecule has 0 amide bonds. The molecule has 3 rings (SSSR count).